The normalized spacial score (nSPS) is 22.1. The van der Waals surface area contributed by atoms with E-state index < -0.39 is 0 Å². The molecule has 2 unspecified atom stereocenters. The van der Waals surface area contributed by atoms with Gasteiger partial charge < -0.3 is 10.6 Å². The van der Waals surface area contributed by atoms with E-state index >= 15 is 0 Å². The van der Waals surface area contributed by atoms with Crippen molar-refractivity contribution in [3.63, 3.8) is 0 Å². The molecular formula is C16H22Cl2N2O. The Kier molecular flexibility index (Phi) is 5.91. The predicted octanol–water partition coefficient (Wildman–Crippen LogP) is 3.72. The van der Waals surface area contributed by atoms with Crippen LogP contribution >= 0.6 is 23.2 Å². The summed E-state index contributed by atoms with van der Waals surface area (Å²) in [5, 5.41) is 1.05. The number of nitrogens with two attached hydrogens (primary N) is 1. The lowest BCUT2D eigenvalue weighted by Crippen LogP contribution is -2.40. The van der Waals surface area contributed by atoms with Crippen LogP contribution in [-0.4, -0.2) is 24.4 Å². The number of amides is 1. The molecule has 1 aliphatic rings. The molecule has 1 saturated carbocycles. The molecule has 3 nitrogen and oxygen atoms in total. The molecule has 0 radical (unpaired) electrons. The third kappa shape index (κ3) is 3.91. The van der Waals surface area contributed by atoms with E-state index in [1.807, 2.05) is 19.2 Å². The molecule has 1 aliphatic carbocycles. The highest BCUT2D eigenvalue weighted by molar-refractivity contribution is 6.42. The zero-order valence-corrected chi connectivity index (χ0v) is 13.8. The van der Waals surface area contributed by atoms with E-state index in [0.717, 1.165) is 24.8 Å². The number of nitrogens with zero attached hydrogens (tertiary/aromatic N) is 1. The Hall–Kier alpha value is -0.770. The van der Waals surface area contributed by atoms with Crippen LogP contribution in [0, 0.1) is 11.8 Å². The molecule has 0 heterocycles. The first-order chi connectivity index (χ1) is 10.0. The van der Waals surface area contributed by atoms with Crippen molar-refractivity contribution in [3.05, 3.63) is 33.8 Å². The molecule has 1 aromatic carbocycles. The molecule has 0 saturated heterocycles. The van der Waals surface area contributed by atoms with Crippen molar-refractivity contribution < 1.29 is 4.79 Å². The van der Waals surface area contributed by atoms with Gasteiger partial charge in [0, 0.05) is 19.5 Å². The second-order valence-electron chi connectivity index (χ2n) is 5.79. The highest BCUT2D eigenvalue weighted by Gasteiger charge is 2.31. The van der Waals surface area contributed by atoms with Crippen LogP contribution in [0.2, 0.25) is 10.0 Å². The first-order valence-electron chi connectivity index (χ1n) is 7.42. The Morgan fingerprint density at radius 2 is 2.05 bits per heavy atom. The maximum atomic E-state index is 12.7. The molecule has 2 atom stereocenters. The number of benzene rings is 1. The second-order valence-corrected chi connectivity index (χ2v) is 6.58. The average Bonchev–Trinajstić information content (AvgIpc) is 2.51. The Bertz CT molecular complexity index is 507. The second kappa shape index (κ2) is 7.48. The van der Waals surface area contributed by atoms with E-state index in [-0.39, 0.29) is 11.8 Å². The molecule has 1 fully saturated rings. The fraction of sp³-hybridized carbons (Fsp3) is 0.562. The molecule has 2 N–H and O–H groups in total. The fourth-order valence-electron chi connectivity index (χ4n) is 3.10. The van der Waals surface area contributed by atoms with Gasteiger partial charge in [0.25, 0.3) is 0 Å². The minimum absolute atomic E-state index is 0.0479. The van der Waals surface area contributed by atoms with Crippen molar-refractivity contribution in [2.24, 2.45) is 17.6 Å². The molecule has 116 valence electrons. The summed E-state index contributed by atoms with van der Waals surface area (Å²) in [5.74, 6) is 0.524. The number of rotatable bonds is 4. The molecule has 0 bridgehead atoms. The monoisotopic (exact) mass is 328 g/mol. The number of halogens is 2. The number of carbonyl (C=O) groups is 1. The Labute approximate surface area is 136 Å². The Balaban J connectivity index is 2.06. The number of hydrogen-bond donors (Lipinski definition) is 1. The summed E-state index contributed by atoms with van der Waals surface area (Å²) in [5.41, 5.74) is 6.69. The van der Waals surface area contributed by atoms with Crippen LogP contribution < -0.4 is 5.73 Å². The lowest BCUT2D eigenvalue weighted by Gasteiger charge is -2.32. The summed E-state index contributed by atoms with van der Waals surface area (Å²) in [6, 6.07) is 5.51. The van der Waals surface area contributed by atoms with E-state index in [9.17, 15) is 4.79 Å². The van der Waals surface area contributed by atoms with Crippen molar-refractivity contribution in [1.29, 1.82) is 0 Å². The first kappa shape index (κ1) is 16.6. The van der Waals surface area contributed by atoms with Crippen molar-refractivity contribution in [1.82, 2.24) is 4.90 Å². The minimum atomic E-state index is 0.0479. The highest BCUT2D eigenvalue weighted by atomic mass is 35.5. The Morgan fingerprint density at radius 1 is 1.33 bits per heavy atom. The van der Waals surface area contributed by atoms with E-state index in [1.54, 1.807) is 11.0 Å². The maximum absolute atomic E-state index is 12.7. The van der Waals surface area contributed by atoms with Gasteiger partial charge in [0.2, 0.25) is 5.91 Å². The third-order valence-electron chi connectivity index (χ3n) is 4.34. The fourth-order valence-corrected chi connectivity index (χ4v) is 3.48. The van der Waals surface area contributed by atoms with Crippen LogP contribution in [0.3, 0.4) is 0 Å². The molecule has 0 spiro atoms. The summed E-state index contributed by atoms with van der Waals surface area (Å²) < 4.78 is 0. The summed E-state index contributed by atoms with van der Waals surface area (Å²) in [6.07, 6.45) is 4.28. The van der Waals surface area contributed by atoms with Crippen molar-refractivity contribution in [2.75, 3.05) is 13.6 Å². The zero-order chi connectivity index (χ0) is 15.4. The summed E-state index contributed by atoms with van der Waals surface area (Å²) >= 11 is 12.2. The molecule has 5 heteroatoms. The van der Waals surface area contributed by atoms with Gasteiger partial charge in [-0.15, -0.1) is 0 Å². The van der Waals surface area contributed by atoms with Gasteiger partial charge in [0.1, 0.15) is 0 Å². The van der Waals surface area contributed by atoms with Crippen LogP contribution in [0.4, 0.5) is 0 Å². The standard InChI is InChI=1S/C16H22Cl2N2O/c1-20(10-12-6-4-8-14(17)15(12)18)16(21)13-7-3-2-5-11(13)9-19/h4,6,8,11,13H,2-3,5,7,9-10,19H2,1H3. The topological polar surface area (TPSA) is 46.3 Å². The van der Waals surface area contributed by atoms with Crippen LogP contribution in [0.1, 0.15) is 31.2 Å². The van der Waals surface area contributed by atoms with Crippen molar-refractivity contribution in [2.45, 2.75) is 32.2 Å². The minimum Gasteiger partial charge on any atom is -0.341 e. The number of carbonyl (C=O) groups excluding carboxylic acids is 1. The zero-order valence-electron chi connectivity index (χ0n) is 12.3. The van der Waals surface area contributed by atoms with Gasteiger partial charge in [-0.3, -0.25) is 4.79 Å². The van der Waals surface area contributed by atoms with Crippen LogP contribution in [0.25, 0.3) is 0 Å². The van der Waals surface area contributed by atoms with Gasteiger partial charge >= 0.3 is 0 Å². The van der Waals surface area contributed by atoms with Crippen LogP contribution in [0.15, 0.2) is 18.2 Å². The van der Waals surface area contributed by atoms with Gasteiger partial charge in [0.05, 0.1) is 10.0 Å². The van der Waals surface area contributed by atoms with Crippen LogP contribution in [0.5, 0.6) is 0 Å². The molecule has 1 aromatic rings. The molecule has 0 aromatic heterocycles. The summed E-state index contributed by atoms with van der Waals surface area (Å²) in [6.45, 7) is 1.06. The summed E-state index contributed by atoms with van der Waals surface area (Å²) in [7, 11) is 1.82. The highest BCUT2D eigenvalue weighted by Crippen LogP contribution is 2.32. The smallest absolute Gasteiger partial charge is 0.226 e. The van der Waals surface area contributed by atoms with Crippen molar-refractivity contribution in [3.8, 4) is 0 Å². The average molecular weight is 329 g/mol. The summed E-state index contributed by atoms with van der Waals surface area (Å²) in [4.78, 5) is 14.4. The van der Waals surface area contributed by atoms with E-state index in [1.165, 1.54) is 6.42 Å². The Morgan fingerprint density at radius 3 is 2.76 bits per heavy atom. The van der Waals surface area contributed by atoms with Gasteiger partial charge in [-0.1, -0.05) is 48.2 Å². The molecular weight excluding hydrogens is 307 g/mol. The van der Waals surface area contributed by atoms with Crippen molar-refractivity contribution >= 4 is 29.1 Å². The van der Waals surface area contributed by atoms with Gasteiger partial charge in [-0.2, -0.15) is 0 Å². The SMILES string of the molecule is CN(Cc1cccc(Cl)c1Cl)C(=O)C1CCCCC1CN. The quantitative estimate of drug-likeness (QED) is 0.915. The first-order valence-corrected chi connectivity index (χ1v) is 8.18. The van der Waals surface area contributed by atoms with E-state index in [0.29, 0.717) is 29.1 Å². The van der Waals surface area contributed by atoms with Gasteiger partial charge in [-0.05, 0) is 36.9 Å². The lowest BCUT2D eigenvalue weighted by atomic mass is 9.78. The third-order valence-corrected chi connectivity index (χ3v) is 5.20. The molecule has 21 heavy (non-hydrogen) atoms. The van der Waals surface area contributed by atoms with Gasteiger partial charge in [-0.25, -0.2) is 0 Å². The number of hydrogen-bond acceptors (Lipinski definition) is 2. The molecule has 2 rings (SSSR count). The largest absolute Gasteiger partial charge is 0.341 e. The lowest BCUT2D eigenvalue weighted by molar-refractivity contribution is -0.137. The molecule has 0 aliphatic heterocycles. The van der Waals surface area contributed by atoms with Gasteiger partial charge in [0.15, 0.2) is 0 Å². The maximum Gasteiger partial charge on any atom is 0.226 e. The predicted molar refractivity (Wildman–Crippen MR) is 87.4 cm³/mol. The van der Waals surface area contributed by atoms with E-state index in [4.69, 9.17) is 28.9 Å². The van der Waals surface area contributed by atoms with E-state index in [2.05, 4.69) is 0 Å². The van der Waals surface area contributed by atoms with Crippen LogP contribution in [-0.2, 0) is 11.3 Å². The molecule has 1 amide bonds.